The molecule has 4 heteroatoms. The van der Waals surface area contributed by atoms with Crippen LogP contribution < -0.4 is 14.8 Å². The molecule has 1 N–H and O–H groups in total. The number of amides is 1. The summed E-state index contributed by atoms with van der Waals surface area (Å²) in [4.78, 5) is 10.3. The maximum absolute atomic E-state index is 10.3. The molecule has 0 aliphatic rings. The van der Waals surface area contributed by atoms with Crippen LogP contribution >= 0.6 is 0 Å². The standard InChI is InChI=1S/C12H17NO3/c1-9(13-8-14)4-10-5-11(15-2)7-12(6-10)16-3/h5-9H,4H2,1-3H3,(H,13,14)/t9-/m1/s1. The van der Waals surface area contributed by atoms with Crippen LogP contribution in [0.3, 0.4) is 0 Å². The molecule has 0 saturated carbocycles. The van der Waals surface area contributed by atoms with E-state index in [1.807, 2.05) is 25.1 Å². The second-order valence-electron chi connectivity index (χ2n) is 3.61. The molecule has 1 aromatic rings. The molecule has 0 bridgehead atoms. The highest BCUT2D eigenvalue weighted by Crippen LogP contribution is 2.23. The van der Waals surface area contributed by atoms with Crippen LogP contribution in [0.4, 0.5) is 0 Å². The Labute approximate surface area is 95.6 Å². The van der Waals surface area contributed by atoms with E-state index in [4.69, 9.17) is 9.47 Å². The monoisotopic (exact) mass is 223 g/mol. The van der Waals surface area contributed by atoms with Crippen molar-refractivity contribution in [3.63, 3.8) is 0 Å². The molecule has 0 saturated heterocycles. The zero-order chi connectivity index (χ0) is 12.0. The Bertz CT molecular complexity index is 330. The average Bonchev–Trinajstić information content (AvgIpc) is 2.28. The van der Waals surface area contributed by atoms with Crippen molar-refractivity contribution in [3.05, 3.63) is 23.8 Å². The van der Waals surface area contributed by atoms with Crippen molar-refractivity contribution in [1.82, 2.24) is 5.32 Å². The lowest BCUT2D eigenvalue weighted by Crippen LogP contribution is -2.26. The minimum atomic E-state index is 0.0920. The predicted octanol–water partition coefficient (Wildman–Crippen LogP) is 1.38. The van der Waals surface area contributed by atoms with Gasteiger partial charge in [-0.15, -0.1) is 0 Å². The van der Waals surface area contributed by atoms with E-state index in [1.165, 1.54) is 0 Å². The molecular formula is C12H17NO3. The quantitative estimate of drug-likeness (QED) is 0.741. The van der Waals surface area contributed by atoms with Crippen LogP contribution in [0, 0.1) is 0 Å². The van der Waals surface area contributed by atoms with Crippen molar-refractivity contribution in [2.24, 2.45) is 0 Å². The van der Waals surface area contributed by atoms with Gasteiger partial charge in [-0.3, -0.25) is 4.79 Å². The highest BCUT2D eigenvalue weighted by molar-refractivity contribution is 5.47. The van der Waals surface area contributed by atoms with E-state index < -0.39 is 0 Å². The third kappa shape index (κ3) is 3.46. The van der Waals surface area contributed by atoms with Gasteiger partial charge in [-0.25, -0.2) is 0 Å². The van der Waals surface area contributed by atoms with E-state index in [2.05, 4.69) is 5.32 Å². The minimum absolute atomic E-state index is 0.0920. The summed E-state index contributed by atoms with van der Waals surface area (Å²) in [5, 5.41) is 2.71. The van der Waals surface area contributed by atoms with Gasteiger partial charge < -0.3 is 14.8 Å². The first-order chi connectivity index (χ1) is 7.69. The highest BCUT2D eigenvalue weighted by atomic mass is 16.5. The number of carbonyl (C=O) groups is 1. The molecule has 0 radical (unpaired) electrons. The Balaban J connectivity index is 2.81. The summed E-state index contributed by atoms with van der Waals surface area (Å²) >= 11 is 0. The topological polar surface area (TPSA) is 47.6 Å². The number of carbonyl (C=O) groups excluding carboxylic acids is 1. The van der Waals surface area contributed by atoms with Crippen LogP contribution in [0.25, 0.3) is 0 Å². The summed E-state index contributed by atoms with van der Waals surface area (Å²) in [5.74, 6) is 1.51. The minimum Gasteiger partial charge on any atom is -0.497 e. The normalized spacial score (nSPS) is 11.7. The maximum atomic E-state index is 10.3. The third-order valence-electron chi connectivity index (χ3n) is 2.31. The van der Waals surface area contributed by atoms with Crippen molar-refractivity contribution in [2.75, 3.05) is 14.2 Å². The summed E-state index contributed by atoms with van der Waals surface area (Å²) in [7, 11) is 3.23. The SMILES string of the molecule is COc1cc(C[C@@H](C)NC=O)cc(OC)c1. The van der Waals surface area contributed by atoms with Crippen molar-refractivity contribution in [2.45, 2.75) is 19.4 Å². The molecule has 1 atom stereocenters. The second kappa shape index (κ2) is 6.00. The van der Waals surface area contributed by atoms with Gasteiger partial charge in [0.05, 0.1) is 14.2 Å². The zero-order valence-electron chi connectivity index (χ0n) is 9.82. The van der Waals surface area contributed by atoms with E-state index in [9.17, 15) is 4.79 Å². The van der Waals surface area contributed by atoms with Gasteiger partial charge >= 0.3 is 0 Å². The van der Waals surface area contributed by atoms with Gasteiger partial charge in [-0.05, 0) is 31.0 Å². The lowest BCUT2D eigenvalue weighted by atomic mass is 10.1. The summed E-state index contributed by atoms with van der Waals surface area (Å²) in [6.07, 6.45) is 1.45. The number of hydrogen-bond donors (Lipinski definition) is 1. The van der Waals surface area contributed by atoms with Crippen molar-refractivity contribution >= 4 is 6.41 Å². The molecule has 16 heavy (non-hydrogen) atoms. The van der Waals surface area contributed by atoms with Gasteiger partial charge in [0.1, 0.15) is 11.5 Å². The van der Waals surface area contributed by atoms with Gasteiger partial charge in [-0.2, -0.15) is 0 Å². The molecule has 1 aromatic carbocycles. The van der Waals surface area contributed by atoms with Crippen LogP contribution in [-0.4, -0.2) is 26.7 Å². The van der Waals surface area contributed by atoms with E-state index in [0.29, 0.717) is 6.41 Å². The fraction of sp³-hybridized carbons (Fsp3) is 0.417. The molecule has 1 rings (SSSR count). The number of ether oxygens (including phenoxy) is 2. The van der Waals surface area contributed by atoms with Gasteiger partial charge in [-0.1, -0.05) is 0 Å². The Morgan fingerprint density at radius 3 is 2.25 bits per heavy atom. The third-order valence-corrected chi connectivity index (χ3v) is 2.31. The van der Waals surface area contributed by atoms with Gasteiger partial charge in [0.25, 0.3) is 0 Å². The fourth-order valence-electron chi connectivity index (χ4n) is 1.51. The van der Waals surface area contributed by atoms with Crippen LogP contribution in [0.5, 0.6) is 11.5 Å². The lowest BCUT2D eigenvalue weighted by molar-refractivity contribution is -0.110. The molecule has 0 heterocycles. The van der Waals surface area contributed by atoms with Gasteiger partial charge in [0.2, 0.25) is 6.41 Å². The molecule has 88 valence electrons. The Morgan fingerprint density at radius 1 is 1.25 bits per heavy atom. The van der Waals surface area contributed by atoms with Crippen molar-refractivity contribution in [3.8, 4) is 11.5 Å². The Hall–Kier alpha value is -1.71. The molecule has 0 aliphatic heterocycles. The lowest BCUT2D eigenvalue weighted by Gasteiger charge is -2.12. The van der Waals surface area contributed by atoms with Gasteiger partial charge in [0, 0.05) is 12.1 Å². The number of hydrogen-bond acceptors (Lipinski definition) is 3. The summed E-state index contributed by atoms with van der Waals surface area (Å²) in [5.41, 5.74) is 1.07. The molecule has 0 spiro atoms. The smallest absolute Gasteiger partial charge is 0.207 e. The van der Waals surface area contributed by atoms with E-state index in [-0.39, 0.29) is 6.04 Å². The Kier molecular flexibility index (Phi) is 4.64. The van der Waals surface area contributed by atoms with Gasteiger partial charge in [0.15, 0.2) is 0 Å². The molecule has 0 fully saturated rings. The summed E-state index contributed by atoms with van der Waals surface area (Å²) < 4.78 is 10.3. The molecule has 1 amide bonds. The van der Waals surface area contributed by atoms with Crippen molar-refractivity contribution < 1.29 is 14.3 Å². The van der Waals surface area contributed by atoms with E-state index >= 15 is 0 Å². The first kappa shape index (κ1) is 12.4. The summed E-state index contributed by atoms with van der Waals surface area (Å²) in [6, 6.07) is 5.78. The fourth-order valence-corrected chi connectivity index (χ4v) is 1.51. The predicted molar refractivity (Wildman–Crippen MR) is 61.9 cm³/mol. The number of rotatable bonds is 6. The molecule has 0 aliphatic carbocycles. The molecule has 0 aromatic heterocycles. The highest BCUT2D eigenvalue weighted by Gasteiger charge is 2.05. The second-order valence-corrected chi connectivity index (χ2v) is 3.61. The maximum Gasteiger partial charge on any atom is 0.207 e. The Morgan fingerprint density at radius 2 is 1.81 bits per heavy atom. The first-order valence-corrected chi connectivity index (χ1v) is 5.11. The number of nitrogens with one attached hydrogen (secondary N) is 1. The number of methoxy groups -OCH3 is 2. The zero-order valence-corrected chi connectivity index (χ0v) is 9.82. The van der Waals surface area contributed by atoms with Crippen LogP contribution in [0.1, 0.15) is 12.5 Å². The van der Waals surface area contributed by atoms with E-state index in [1.54, 1.807) is 14.2 Å². The van der Waals surface area contributed by atoms with Crippen molar-refractivity contribution in [1.29, 1.82) is 0 Å². The number of benzene rings is 1. The first-order valence-electron chi connectivity index (χ1n) is 5.11. The molecular weight excluding hydrogens is 206 g/mol. The molecule has 4 nitrogen and oxygen atoms in total. The summed E-state index contributed by atoms with van der Waals surface area (Å²) in [6.45, 7) is 1.94. The van der Waals surface area contributed by atoms with Crippen LogP contribution in [-0.2, 0) is 11.2 Å². The average molecular weight is 223 g/mol. The van der Waals surface area contributed by atoms with Crippen LogP contribution in [0.15, 0.2) is 18.2 Å². The molecule has 0 unspecified atom stereocenters. The van der Waals surface area contributed by atoms with Crippen LogP contribution in [0.2, 0.25) is 0 Å². The largest absolute Gasteiger partial charge is 0.497 e. The van der Waals surface area contributed by atoms with E-state index in [0.717, 1.165) is 23.5 Å².